The molecule has 0 saturated carbocycles. The maximum absolute atomic E-state index is 8.91. The average molecular weight is 308 g/mol. The van der Waals surface area contributed by atoms with Gasteiger partial charge in [-0.05, 0) is 19.1 Å². The lowest BCUT2D eigenvalue weighted by Crippen LogP contribution is -1.91. The van der Waals surface area contributed by atoms with Gasteiger partial charge in [0.15, 0.2) is 0 Å². The summed E-state index contributed by atoms with van der Waals surface area (Å²) in [6, 6.07) is 15.2. The Hall–Kier alpha value is -2.65. The molecule has 0 aliphatic carbocycles. The lowest BCUT2D eigenvalue weighted by molar-refractivity contribution is 0.380. The summed E-state index contributed by atoms with van der Waals surface area (Å²) in [4.78, 5) is 8.67. The predicted octanol–water partition coefficient (Wildman–Crippen LogP) is 3.86. The molecule has 108 valence electrons. The summed E-state index contributed by atoms with van der Waals surface area (Å²) in [7, 11) is 0. The molecule has 3 aromatic rings. The van der Waals surface area contributed by atoms with Gasteiger partial charge in [-0.15, -0.1) is 0 Å². The molecule has 1 aromatic carbocycles. The minimum atomic E-state index is -0.0496. The second-order valence-corrected chi connectivity index (χ2v) is 5.94. The summed E-state index contributed by atoms with van der Waals surface area (Å²) in [6.07, 6.45) is 1.62. The van der Waals surface area contributed by atoms with Crippen LogP contribution in [0, 0.1) is 11.3 Å². The first-order valence-electron chi connectivity index (χ1n) is 6.68. The van der Waals surface area contributed by atoms with Crippen molar-refractivity contribution >= 4 is 11.8 Å². The summed E-state index contributed by atoms with van der Waals surface area (Å²) in [5.74, 6) is 1.11. The van der Waals surface area contributed by atoms with E-state index in [2.05, 4.69) is 21.2 Å². The van der Waals surface area contributed by atoms with Crippen LogP contribution in [0.2, 0.25) is 0 Å². The number of rotatable bonds is 4. The monoisotopic (exact) mass is 308 g/mol. The van der Waals surface area contributed by atoms with E-state index in [4.69, 9.17) is 9.78 Å². The number of hydrogen-bond donors (Lipinski definition) is 0. The van der Waals surface area contributed by atoms with Crippen molar-refractivity contribution in [3.8, 4) is 17.5 Å². The number of benzene rings is 1. The Bertz CT molecular complexity index is 810. The second kappa shape index (κ2) is 6.41. The van der Waals surface area contributed by atoms with Crippen LogP contribution < -0.4 is 0 Å². The van der Waals surface area contributed by atoms with Crippen LogP contribution in [0.4, 0.5) is 0 Å². The molecule has 22 heavy (non-hydrogen) atoms. The van der Waals surface area contributed by atoms with E-state index >= 15 is 0 Å². The van der Waals surface area contributed by atoms with Crippen molar-refractivity contribution < 1.29 is 4.52 Å². The summed E-state index contributed by atoms with van der Waals surface area (Å²) in [5, 5.41) is 13.6. The van der Waals surface area contributed by atoms with Crippen molar-refractivity contribution in [2.24, 2.45) is 0 Å². The van der Waals surface area contributed by atoms with Gasteiger partial charge in [0.1, 0.15) is 0 Å². The van der Waals surface area contributed by atoms with E-state index in [1.54, 1.807) is 18.3 Å². The van der Waals surface area contributed by atoms with E-state index in [1.165, 1.54) is 11.8 Å². The molecule has 0 aliphatic heterocycles. The van der Waals surface area contributed by atoms with Gasteiger partial charge in [0.05, 0.1) is 21.9 Å². The molecular formula is C16H12N4OS. The molecule has 0 fully saturated rings. The first kappa shape index (κ1) is 14.3. The lowest BCUT2D eigenvalue weighted by Gasteiger charge is -2.05. The van der Waals surface area contributed by atoms with Crippen LogP contribution in [-0.4, -0.2) is 15.1 Å². The SMILES string of the molecule is CC(Sc1cc(C#N)ccn1)c1nc(-c2ccccc2)no1. The number of hydrogen-bond acceptors (Lipinski definition) is 6. The molecule has 0 saturated heterocycles. The van der Waals surface area contributed by atoms with Crippen molar-refractivity contribution in [2.45, 2.75) is 17.2 Å². The largest absolute Gasteiger partial charge is 0.338 e. The third kappa shape index (κ3) is 3.15. The van der Waals surface area contributed by atoms with Gasteiger partial charge in [0.2, 0.25) is 11.7 Å². The first-order valence-corrected chi connectivity index (χ1v) is 7.56. The molecule has 3 rings (SSSR count). The summed E-state index contributed by atoms with van der Waals surface area (Å²) in [5.41, 5.74) is 1.50. The summed E-state index contributed by atoms with van der Waals surface area (Å²) in [6.45, 7) is 1.97. The fourth-order valence-electron chi connectivity index (χ4n) is 1.88. The van der Waals surface area contributed by atoms with Crippen LogP contribution in [0.15, 0.2) is 58.2 Å². The molecule has 1 unspecified atom stereocenters. The minimum Gasteiger partial charge on any atom is -0.338 e. The minimum absolute atomic E-state index is 0.0496. The molecular weight excluding hydrogens is 296 g/mol. The Kier molecular flexibility index (Phi) is 4.17. The number of nitrogens with zero attached hydrogens (tertiary/aromatic N) is 4. The molecule has 0 bridgehead atoms. The Balaban J connectivity index is 1.77. The molecule has 0 amide bonds. The van der Waals surface area contributed by atoms with Crippen molar-refractivity contribution in [1.82, 2.24) is 15.1 Å². The zero-order valence-corrected chi connectivity index (χ0v) is 12.6. The van der Waals surface area contributed by atoms with Gasteiger partial charge >= 0.3 is 0 Å². The van der Waals surface area contributed by atoms with Gasteiger partial charge in [-0.1, -0.05) is 47.3 Å². The molecule has 0 aliphatic rings. The molecule has 2 heterocycles. The van der Waals surface area contributed by atoms with Crippen LogP contribution in [0.25, 0.3) is 11.4 Å². The van der Waals surface area contributed by atoms with E-state index in [9.17, 15) is 0 Å². The molecule has 6 heteroatoms. The van der Waals surface area contributed by atoms with Gasteiger partial charge in [0, 0.05) is 11.8 Å². The molecule has 0 N–H and O–H groups in total. The fraction of sp³-hybridized carbons (Fsp3) is 0.125. The van der Waals surface area contributed by atoms with Crippen LogP contribution in [0.1, 0.15) is 23.6 Å². The molecule has 5 nitrogen and oxygen atoms in total. The second-order valence-electron chi connectivity index (χ2n) is 4.58. The zero-order chi connectivity index (χ0) is 15.4. The highest BCUT2D eigenvalue weighted by Crippen LogP contribution is 2.33. The maximum Gasteiger partial charge on any atom is 0.240 e. The molecule has 2 aromatic heterocycles. The molecule has 0 spiro atoms. The highest BCUT2D eigenvalue weighted by Gasteiger charge is 2.17. The van der Waals surface area contributed by atoms with Gasteiger partial charge in [0.25, 0.3) is 0 Å². The van der Waals surface area contributed by atoms with E-state index in [0.29, 0.717) is 17.3 Å². The van der Waals surface area contributed by atoms with Gasteiger partial charge < -0.3 is 4.52 Å². The van der Waals surface area contributed by atoms with Crippen molar-refractivity contribution in [3.05, 3.63) is 60.1 Å². The lowest BCUT2D eigenvalue weighted by atomic mass is 10.2. The van der Waals surface area contributed by atoms with Gasteiger partial charge in [-0.3, -0.25) is 0 Å². The number of thioether (sulfide) groups is 1. The van der Waals surface area contributed by atoms with Gasteiger partial charge in [-0.25, -0.2) is 4.98 Å². The quantitative estimate of drug-likeness (QED) is 0.681. The first-order chi connectivity index (χ1) is 10.8. The van der Waals surface area contributed by atoms with E-state index in [1.807, 2.05) is 37.3 Å². The third-order valence-electron chi connectivity index (χ3n) is 2.98. The third-order valence-corrected chi connectivity index (χ3v) is 4.00. The summed E-state index contributed by atoms with van der Waals surface area (Å²) < 4.78 is 5.33. The Morgan fingerprint density at radius 3 is 2.82 bits per heavy atom. The Labute approximate surface area is 132 Å². The smallest absolute Gasteiger partial charge is 0.240 e. The topological polar surface area (TPSA) is 75.6 Å². The fourth-order valence-corrected chi connectivity index (χ4v) is 2.76. The Morgan fingerprint density at radius 1 is 1.23 bits per heavy atom. The molecule has 1 atom stereocenters. The van der Waals surface area contributed by atoms with Crippen LogP contribution in [0.5, 0.6) is 0 Å². The average Bonchev–Trinajstić information content (AvgIpc) is 3.06. The van der Waals surface area contributed by atoms with Crippen molar-refractivity contribution in [2.75, 3.05) is 0 Å². The van der Waals surface area contributed by atoms with E-state index in [0.717, 1.165) is 10.6 Å². The Morgan fingerprint density at radius 2 is 2.05 bits per heavy atom. The number of nitriles is 1. The number of aromatic nitrogens is 3. The highest BCUT2D eigenvalue weighted by atomic mass is 32.2. The van der Waals surface area contributed by atoms with Crippen LogP contribution >= 0.6 is 11.8 Å². The molecule has 0 radical (unpaired) electrons. The zero-order valence-electron chi connectivity index (χ0n) is 11.8. The van der Waals surface area contributed by atoms with Crippen molar-refractivity contribution in [3.63, 3.8) is 0 Å². The van der Waals surface area contributed by atoms with E-state index in [-0.39, 0.29) is 5.25 Å². The van der Waals surface area contributed by atoms with Crippen LogP contribution in [-0.2, 0) is 0 Å². The van der Waals surface area contributed by atoms with Crippen molar-refractivity contribution in [1.29, 1.82) is 5.26 Å². The summed E-state index contributed by atoms with van der Waals surface area (Å²) >= 11 is 1.48. The predicted molar refractivity (Wildman–Crippen MR) is 83.0 cm³/mol. The van der Waals surface area contributed by atoms with E-state index < -0.39 is 0 Å². The number of pyridine rings is 1. The normalized spacial score (nSPS) is 11.8. The highest BCUT2D eigenvalue weighted by molar-refractivity contribution is 7.99. The van der Waals surface area contributed by atoms with Gasteiger partial charge in [-0.2, -0.15) is 10.2 Å². The van der Waals surface area contributed by atoms with Crippen LogP contribution in [0.3, 0.4) is 0 Å². The standard InChI is InChI=1S/C16H12N4OS/c1-11(22-14-9-12(10-17)7-8-18-14)16-19-15(20-21-16)13-5-3-2-4-6-13/h2-9,11H,1H3. The maximum atomic E-state index is 8.91.